The van der Waals surface area contributed by atoms with Crippen LogP contribution in [-0.4, -0.2) is 17.9 Å². The first kappa shape index (κ1) is 18.7. The van der Waals surface area contributed by atoms with Crippen LogP contribution in [0.3, 0.4) is 0 Å². The summed E-state index contributed by atoms with van der Waals surface area (Å²) >= 11 is 0. The van der Waals surface area contributed by atoms with Gasteiger partial charge in [0.1, 0.15) is 0 Å². The van der Waals surface area contributed by atoms with E-state index < -0.39 is 0 Å². The molecule has 132 valence electrons. The van der Waals surface area contributed by atoms with Crippen LogP contribution < -0.4 is 10.6 Å². The van der Waals surface area contributed by atoms with Gasteiger partial charge in [-0.05, 0) is 44.4 Å². The molecule has 2 aromatic rings. The van der Waals surface area contributed by atoms with E-state index in [9.17, 15) is 9.59 Å². The van der Waals surface area contributed by atoms with Gasteiger partial charge in [-0.25, -0.2) is 0 Å². The van der Waals surface area contributed by atoms with E-state index in [0.29, 0.717) is 24.1 Å². The van der Waals surface area contributed by atoms with Crippen LogP contribution >= 0.6 is 0 Å². The average molecular weight is 338 g/mol. The van der Waals surface area contributed by atoms with Crippen molar-refractivity contribution in [3.8, 4) is 0 Å². The van der Waals surface area contributed by atoms with Crippen molar-refractivity contribution in [1.82, 2.24) is 5.32 Å². The molecule has 0 aliphatic heterocycles. The summed E-state index contributed by atoms with van der Waals surface area (Å²) in [6.45, 7) is 6.02. The van der Waals surface area contributed by atoms with Crippen LogP contribution in [-0.2, 0) is 11.2 Å². The van der Waals surface area contributed by atoms with Crippen molar-refractivity contribution in [2.75, 3.05) is 5.32 Å². The maximum atomic E-state index is 12.4. The van der Waals surface area contributed by atoms with E-state index in [2.05, 4.69) is 10.6 Å². The molecule has 1 atom stereocenters. The quantitative estimate of drug-likeness (QED) is 0.799. The molecular weight excluding hydrogens is 312 g/mol. The molecule has 0 fully saturated rings. The van der Waals surface area contributed by atoms with Gasteiger partial charge in [-0.1, -0.05) is 48.9 Å². The molecule has 0 aliphatic carbocycles. The zero-order valence-corrected chi connectivity index (χ0v) is 15.1. The molecule has 0 saturated heterocycles. The topological polar surface area (TPSA) is 58.2 Å². The lowest BCUT2D eigenvalue weighted by Gasteiger charge is -2.14. The fourth-order valence-electron chi connectivity index (χ4n) is 2.42. The zero-order chi connectivity index (χ0) is 18.2. The Morgan fingerprint density at radius 2 is 1.72 bits per heavy atom. The van der Waals surface area contributed by atoms with Crippen molar-refractivity contribution in [3.05, 3.63) is 65.2 Å². The number of benzene rings is 2. The minimum absolute atomic E-state index is 0.0932. The monoisotopic (exact) mass is 338 g/mol. The predicted octanol–water partition coefficient (Wildman–Crippen LogP) is 4.09. The highest BCUT2D eigenvalue weighted by atomic mass is 16.2. The summed E-state index contributed by atoms with van der Waals surface area (Å²) in [5.41, 5.74) is 3.38. The molecule has 0 aromatic heterocycles. The Labute approximate surface area is 149 Å². The first-order chi connectivity index (χ1) is 12.0. The standard InChI is InChI=1S/C21H26N2O2/c1-4-16(3)22-21(25)18-7-5-6-8-19(18)23-20(24)14-13-17-11-9-15(2)10-12-17/h5-12,16H,4,13-14H2,1-3H3,(H,22,25)(H,23,24). The third kappa shape index (κ3) is 5.75. The fraction of sp³-hybridized carbons (Fsp3) is 0.333. The van der Waals surface area contributed by atoms with E-state index in [1.54, 1.807) is 18.2 Å². The van der Waals surface area contributed by atoms with Crippen LogP contribution in [0.1, 0.15) is 48.2 Å². The summed E-state index contributed by atoms with van der Waals surface area (Å²) in [5.74, 6) is -0.256. The van der Waals surface area contributed by atoms with Gasteiger partial charge >= 0.3 is 0 Å². The van der Waals surface area contributed by atoms with Gasteiger partial charge in [0.2, 0.25) is 5.91 Å². The Bertz CT molecular complexity index is 723. The SMILES string of the molecule is CCC(C)NC(=O)c1ccccc1NC(=O)CCc1ccc(C)cc1. The number of amides is 2. The number of anilines is 1. The molecule has 0 spiro atoms. The highest BCUT2D eigenvalue weighted by Gasteiger charge is 2.14. The number of nitrogens with one attached hydrogen (secondary N) is 2. The number of carbonyl (C=O) groups is 2. The van der Waals surface area contributed by atoms with E-state index in [4.69, 9.17) is 0 Å². The lowest BCUT2D eigenvalue weighted by Crippen LogP contribution is -2.32. The first-order valence-electron chi connectivity index (χ1n) is 8.75. The maximum Gasteiger partial charge on any atom is 0.253 e. The second-order valence-electron chi connectivity index (χ2n) is 6.36. The van der Waals surface area contributed by atoms with Crippen LogP contribution in [0.4, 0.5) is 5.69 Å². The number of aryl methyl sites for hydroxylation is 2. The Morgan fingerprint density at radius 1 is 1.04 bits per heavy atom. The largest absolute Gasteiger partial charge is 0.350 e. The van der Waals surface area contributed by atoms with Crippen molar-refractivity contribution in [3.63, 3.8) is 0 Å². The predicted molar refractivity (Wildman–Crippen MR) is 102 cm³/mol. The molecule has 4 nitrogen and oxygen atoms in total. The lowest BCUT2D eigenvalue weighted by molar-refractivity contribution is -0.116. The van der Waals surface area contributed by atoms with Crippen LogP contribution in [0, 0.1) is 6.92 Å². The van der Waals surface area contributed by atoms with Gasteiger partial charge in [-0.2, -0.15) is 0 Å². The van der Waals surface area contributed by atoms with Gasteiger partial charge in [0.15, 0.2) is 0 Å². The second-order valence-corrected chi connectivity index (χ2v) is 6.36. The smallest absolute Gasteiger partial charge is 0.253 e. The van der Waals surface area contributed by atoms with Crippen LogP contribution in [0.15, 0.2) is 48.5 Å². The Balaban J connectivity index is 1.98. The summed E-state index contributed by atoms with van der Waals surface area (Å²) in [5, 5.41) is 5.80. The fourth-order valence-corrected chi connectivity index (χ4v) is 2.42. The van der Waals surface area contributed by atoms with Gasteiger partial charge in [-0.15, -0.1) is 0 Å². The number of hydrogen-bond donors (Lipinski definition) is 2. The summed E-state index contributed by atoms with van der Waals surface area (Å²) < 4.78 is 0. The Morgan fingerprint density at radius 3 is 2.40 bits per heavy atom. The molecule has 0 bridgehead atoms. The zero-order valence-electron chi connectivity index (χ0n) is 15.1. The molecule has 0 aliphatic rings. The number of hydrogen-bond acceptors (Lipinski definition) is 2. The summed E-state index contributed by atoms with van der Waals surface area (Å²) in [4.78, 5) is 24.6. The van der Waals surface area contributed by atoms with Crippen LogP contribution in [0.2, 0.25) is 0 Å². The first-order valence-corrected chi connectivity index (χ1v) is 8.75. The highest BCUT2D eigenvalue weighted by Crippen LogP contribution is 2.16. The second kappa shape index (κ2) is 9.02. The minimum atomic E-state index is -0.163. The Hall–Kier alpha value is -2.62. The average Bonchev–Trinajstić information content (AvgIpc) is 2.61. The number of carbonyl (C=O) groups excluding carboxylic acids is 2. The summed E-state index contributed by atoms with van der Waals surface area (Å²) in [6.07, 6.45) is 1.91. The number of rotatable bonds is 7. The minimum Gasteiger partial charge on any atom is -0.350 e. The molecule has 0 radical (unpaired) electrons. The van der Waals surface area contributed by atoms with Crippen LogP contribution in [0.25, 0.3) is 0 Å². The van der Waals surface area contributed by atoms with E-state index >= 15 is 0 Å². The third-order valence-electron chi connectivity index (χ3n) is 4.20. The van der Waals surface area contributed by atoms with E-state index in [-0.39, 0.29) is 17.9 Å². The van der Waals surface area contributed by atoms with Gasteiger partial charge in [0, 0.05) is 12.5 Å². The van der Waals surface area contributed by atoms with Gasteiger partial charge in [0.05, 0.1) is 11.3 Å². The summed E-state index contributed by atoms with van der Waals surface area (Å²) in [6, 6.07) is 15.4. The molecule has 4 heteroatoms. The van der Waals surface area contributed by atoms with Crippen molar-refractivity contribution >= 4 is 17.5 Å². The van der Waals surface area contributed by atoms with Crippen molar-refractivity contribution in [1.29, 1.82) is 0 Å². The molecule has 0 heterocycles. The number of para-hydroxylation sites is 1. The molecular formula is C21H26N2O2. The lowest BCUT2D eigenvalue weighted by atomic mass is 10.1. The molecule has 0 saturated carbocycles. The molecule has 1 unspecified atom stereocenters. The van der Waals surface area contributed by atoms with Crippen LogP contribution in [0.5, 0.6) is 0 Å². The molecule has 2 rings (SSSR count). The third-order valence-corrected chi connectivity index (χ3v) is 4.20. The molecule has 25 heavy (non-hydrogen) atoms. The van der Waals surface area contributed by atoms with Crippen molar-refractivity contribution in [2.24, 2.45) is 0 Å². The van der Waals surface area contributed by atoms with E-state index in [1.165, 1.54) is 5.56 Å². The van der Waals surface area contributed by atoms with Gasteiger partial charge in [0.25, 0.3) is 5.91 Å². The van der Waals surface area contributed by atoms with Gasteiger partial charge < -0.3 is 10.6 Å². The maximum absolute atomic E-state index is 12.4. The molecule has 2 aromatic carbocycles. The Kier molecular flexibility index (Phi) is 6.75. The normalized spacial score (nSPS) is 11.6. The molecule has 2 N–H and O–H groups in total. The van der Waals surface area contributed by atoms with E-state index in [0.717, 1.165) is 12.0 Å². The van der Waals surface area contributed by atoms with Crippen molar-refractivity contribution < 1.29 is 9.59 Å². The van der Waals surface area contributed by atoms with E-state index in [1.807, 2.05) is 51.1 Å². The van der Waals surface area contributed by atoms with Gasteiger partial charge in [-0.3, -0.25) is 9.59 Å². The highest BCUT2D eigenvalue weighted by molar-refractivity contribution is 6.03. The summed E-state index contributed by atoms with van der Waals surface area (Å²) in [7, 11) is 0. The molecule has 2 amide bonds. The van der Waals surface area contributed by atoms with Crippen molar-refractivity contribution in [2.45, 2.75) is 46.1 Å².